The minimum Gasteiger partial charge on any atom is -0.493 e. The van der Waals surface area contributed by atoms with Gasteiger partial charge in [0, 0.05) is 25.9 Å². The molecule has 5 heteroatoms. The van der Waals surface area contributed by atoms with Gasteiger partial charge in [-0.15, -0.1) is 0 Å². The standard InChI is InChI=1S/C16H21NO4/c1-4-15(18)17-10-8-12(9-11-17)21-16-13(19-2)6-5-7-14(16)20-3/h4-7,12H,1,8-11H2,2-3H3. The number of ether oxygens (including phenoxy) is 3. The number of hydrogen-bond donors (Lipinski definition) is 0. The largest absolute Gasteiger partial charge is 0.493 e. The van der Waals surface area contributed by atoms with Gasteiger partial charge in [-0.05, 0) is 18.2 Å². The van der Waals surface area contributed by atoms with Crippen molar-refractivity contribution in [3.05, 3.63) is 30.9 Å². The molecule has 0 N–H and O–H groups in total. The maximum Gasteiger partial charge on any atom is 0.245 e. The van der Waals surface area contributed by atoms with Crippen LogP contribution in [0.2, 0.25) is 0 Å². The first-order chi connectivity index (χ1) is 10.2. The Kier molecular flexibility index (Phi) is 5.09. The molecule has 0 bridgehead atoms. The number of rotatable bonds is 5. The maximum absolute atomic E-state index is 11.6. The Morgan fingerprint density at radius 3 is 2.29 bits per heavy atom. The fourth-order valence-corrected chi connectivity index (χ4v) is 2.42. The van der Waals surface area contributed by atoms with E-state index in [2.05, 4.69) is 6.58 Å². The van der Waals surface area contributed by atoms with Crippen molar-refractivity contribution in [3.8, 4) is 17.2 Å². The second-order valence-electron chi connectivity index (χ2n) is 4.84. The minimum absolute atomic E-state index is 0.0247. The molecule has 1 saturated heterocycles. The predicted octanol–water partition coefficient (Wildman–Crippen LogP) is 2.26. The molecule has 1 aromatic rings. The third kappa shape index (κ3) is 3.48. The summed E-state index contributed by atoms with van der Waals surface area (Å²) in [5.74, 6) is 1.90. The Morgan fingerprint density at radius 2 is 1.81 bits per heavy atom. The Hall–Kier alpha value is -2.17. The Balaban J connectivity index is 2.03. The van der Waals surface area contributed by atoms with Gasteiger partial charge in [-0.1, -0.05) is 12.6 Å². The van der Waals surface area contributed by atoms with Gasteiger partial charge in [0.1, 0.15) is 6.10 Å². The highest BCUT2D eigenvalue weighted by Crippen LogP contribution is 2.38. The zero-order valence-corrected chi connectivity index (χ0v) is 12.5. The fourth-order valence-electron chi connectivity index (χ4n) is 2.42. The zero-order valence-electron chi connectivity index (χ0n) is 12.5. The summed E-state index contributed by atoms with van der Waals surface area (Å²) in [6.07, 6.45) is 2.95. The number of nitrogens with zero attached hydrogens (tertiary/aromatic N) is 1. The van der Waals surface area contributed by atoms with Gasteiger partial charge in [0.2, 0.25) is 11.7 Å². The van der Waals surface area contributed by atoms with E-state index < -0.39 is 0 Å². The first-order valence-corrected chi connectivity index (χ1v) is 6.98. The average Bonchev–Trinajstić information content (AvgIpc) is 2.55. The van der Waals surface area contributed by atoms with Crippen molar-refractivity contribution in [1.82, 2.24) is 4.90 Å². The molecule has 5 nitrogen and oxygen atoms in total. The maximum atomic E-state index is 11.6. The van der Waals surface area contributed by atoms with Gasteiger partial charge >= 0.3 is 0 Å². The summed E-state index contributed by atoms with van der Waals surface area (Å²) in [6, 6.07) is 5.54. The van der Waals surface area contributed by atoms with Crippen LogP contribution in [0.4, 0.5) is 0 Å². The molecule has 1 aliphatic rings. The summed E-state index contributed by atoms with van der Waals surface area (Å²) in [5, 5.41) is 0. The number of hydrogen-bond acceptors (Lipinski definition) is 4. The van der Waals surface area contributed by atoms with E-state index in [0.717, 1.165) is 12.8 Å². The summed E-state index contributed by atoms with van der Waals surface area (Å²) in [7, 11) is 3.21. The van der Waals surface area contributed by atoms with E-state index >= 15 is 0 Å². The van der Waals surface area contributed by atoms with Gasteiger partial charge in [-0.25, -0.2) is 0 Å². The molecule has 0 aromatic heterocycles. The lowest BCUT2D eigenvalue weighted by atomic mass is 10.1. The number of likely N-dealkylation sites (tertiary alicyclic amines) is 1. The molecular formula is C16H21NO4. The van der Waals surface area contributed by atoms with Gasteiger partial charge in [0.05, 0.1) is 14.2 Å². The quantitative estimate of drug-likeness (QED) is 0.781. The van der Waals surface area contributed by atoms with Crippen LogP contribution in [-0.4, -0.2) is 44.2 Å². The molecule has 0 spiro atoms. The molecular weight excluding hydrogens is 270 g/mol. The van der Waals surface area contributed by atoms with E-state index in [1.807, 2.05) is 18.2 Å². The Labute approximate surface area is 125 Å². The molecule has 1 aliphatic heterocycles. The van der Waals surface area contributed by atoms with Gasteiger partial charge in [-0.3, -0.25) is 4.79 Å². The second kappa shape index (κ2) is 7.02. The third-order valence-electron chi connectivity index (χ3n) is 3.60. The van der Waals surface area contributed by atoms with Crippen LogP contribution in [0.15, 0.2) is 30.9 Å². The SMILES string of the molecule is C=CC(=O)N1CCC(Oc2c(OC)cccc2OC)CC1. The molecule has 0 saturated carbocycles. The number of carbonyl (C=O) groups is 1. The van der Waals surface area contributed by atoms with Crippen molar-refractivity contribution in [2.45, 2.75) is 18.9 Å². The Bertz CT molecular complexity index is 485. The lowest BCUT2D eigenvalue weighted by Crippen LogP contribution is -2.41. The van der Waals surface area contributed by atoms with E-state index in [1.54, 1.807) is 19.1 Å². The normalized spacial score (nSPS) is 15.4. The highest BCUT2D eigenvalue weighted by Gasteiger charge is 2.24. The topological polar surface area (TPSA) is 48.0 Å². The number of para-hydroxylation sites is 1. The average molecular weight is 291 g/mol. The highest BCUT2D eigenvalue weighted by atomic mass is 16.5. The molecule has 1 heterocycles. The molecule has 114 valence electrons. The fraction of sp³-hybridized carbons (Fsp3) is 0.438. The predicted molar refractivity (Wildman–Crippen MR) is 80.0 cm³/mol. The molecule has 1 fully saturated rings. The third-order valence-corrected chi connectivity index (χ3v) is 3.60. The van der Waals surface area contributed by atoms with E-state index in [1.165, 1.54) is 6.08 Å². The van der Waals surface area contributed by atoms with E-state index in [9.17, 15) is 4.79 Å². The minimum atomic E-state index is -0.0247. The van der Waals surface area contributed by atoms with E-state index in [4.69, 9.17) is 14.2 Å². The molecule has 0 unspecified atom stereocenters. The number of amides is 1. The van der Waals surface area contributed by atoms with E-state index in [-0.39, 0.29) is 12.0 Å². The molecule has 21 heavy (non-hydrogen) atoms. The highest BCUT2D eigenvalue weighted by molar-refractivity contribution is 5.87. The van der Waals surface area contributed by atoms with Gasteiger partial charge in [0.15, 0.2) is 11.5 Å². The van der Waals surface area contributed by atoms with Crippen LogP contribution in [-0.2, 0) is 4.79 Å². The second-order valence-corrected chi connectivity index (χ2v) is 4.84. The zero-order chi connectivity index (χ0) is 15.2. The summed E-state index contributed by atoms with van der Waals surface area (Å²) in [5.41, 5.74) is 0. The monoisotopic (exact) mass is 291 g/mol. The number of piperidine rings is 1. The van der Waals surface area contributed by atoms with Crippen LogP contribution in [0.1, 0.15) is 12.8 Å². The molecule has 2 rings (SSSR count). The van der Waals surface area contributed by atoms with Crippen LogP contribution >= 0.6 is 0 Å². The van der Waals surface area contributed by atoms with Crippen LogP contribution in [0.3, 0.4) is 0 Å². The number of methoxy groups -OCH3 is 2. The van der Waals surface area contributed by atoms with Crippen LogP contribution in [0.25, 0.3) is 0 Å². The van der Waals surface area contributed by atoms with Crippen LogP contribution < -0.4 is 14.2 Å². The van der Waals surface area contributed by atoms with Crippen molar-refractivity contribution in [2.24, 2.45) is 0 Å². The lowest BCUT2D eigenvalue weighted by Gasteiger charge is -2.32. The summed E-state index contributed by atoms with van der Waals surface area (Å²) in [4.78, 5) is 13.3. The molecule has 0 radical (unpaired) electrons. The van der Waals surface area contributed by atoms with Crippen molar-refractivity contribution in [2.75, 3.05) is 27.3 Å². The summed E-state index contributed by atoms with van der Waals surface area (Å²) in [6.45, 7) is 4.86. The Morgan fingerprint density at radius 1 is 1.24 bits per heavy atom. The van der Waals surface area contributed by atoms with Crippen LogP contribution in [0.5, 0.6) is 17.2 Å². The number of carbonyl (C=O) groups excluding carboxylic acids is 1. The van der Waals surface area contributed by atoms with Crippen molar-refractivity contribution in [3.63, 3.8) is 0 Å². The molecule has 0 aliphatic carbocycles. The van der Waals surface area contributed by atoms with Crippen molar-refractivity contribution >= 4 is 5.91 Å². The molecule has 1 aromatic carbocycles. The first kappa shape index (κ1) is 15.2. The van der Waals surface area contributed by atoms with Gasteiger partial charge in [-0.2, -0.15) is 0 Å². The molecule has 1 amide bonds. The first-order valence-electron chi connectivity index (χ1n) is 6.98. The van der Waals surface area contributed by atoms with Crippen LogP contribution in [0, 0.1) is 0 Å². The van der Waals surface area contributed by atoms with Crippen molar-refractivity contribution in [1.29, 1.82) is 0 Å². The van der Waals surface area contributed by atoms with Crippen molar-refractivity contribution < 1.29 is 19.0 Å². The summed E-state index contributed by atoms with van der Waals surface area (Å²) < 4.78 is 16.7. The molecule has 0 atom stereocenters. The number of benzene rings is 1. The summed E-state index contributed by atoms with van der Waals surface area (Å²) >= 11 is 0. The smallest absolute Gasteiger partial charge is 0.245 e. The van der Waals surface area contributed by atoms with Gasteiger partial charge in [0.25, 0.3) is 0 Å². The van der Waals surface area contributed by atoms with Gasteiger partial charge < -0.3 is 19.1 Å². The lowest BCUT2D eigenvalue weighted by molar-refractivity contribution is -0.127. The van der Waals surface area contributed by atoms with E-state index in [0.29, 0.717) is 30.3 Å².